The number of carbonyl (C=O) groups is 1. The van der Waals surface area contributed by atoms with Gasteiger partial charge >= 0.3 is 0 Å². The zero-order valence-corrected chi connectivity index (χ0v) is 24.0. The van der Waals surface area contributed by atoms with Crippen LogP contribution >= 0.6 is 0 Å². The third-order valence-corrected chi connectivity index (χ3v) is 7.98. The van der Waals surface area contributed by atoms with E-state index in [1.165, 1.54) is 5.56 Å². The average molecular weight is 569 g/mol. The smallest absolute Gasteiger partial charge is 0.255 e. The zero-order chi connectivity index (χ0) is 29.2. The SMILES string of the molecule is CN1CCN(Cc2ccc(C(=O)Nc3ccc(Nc4cc(-c5cccc6c5oc5ccccc56)ncn4)cc3)cc2)CC1. The number of anilines is 3. The molecule has 7 rings (SSSR count). The van der Waals surface area contributed by atoms with E-state index in [0.717, 1.165) is 77.3 Å². The van der Waals surface area contributed by atoms with E-state index in [2.05, 4.69) is 49.6 Å². The van der Waals surface area contributed by atoms with E-state index in [9.17, 15) is 4.79 Å². The van der Waals surface area contributed by atoms with Gasteiger partial charge in [-0.1, -0.05) is 42.5 Å². The minimum Gasteiger partial charge on any atom is -0.455 e. The van der Waals surface area contributed by atoms with E-state index >= 15 is 0 Å². The molecule has 1 aliphatic heterocycles. The van der Waals surface area contributed by atoms with Crippen LogP contribution in [0.4, 0.5) is 17.2 Å². The van der Waals surface area contributed by atoms with Crippen molar-refractivity contribution >= 4 is 45.0 Å². The van der Waals surface area contributed by atoms with Crippen molar-refractivity contribution in [1.29, 1.82) is 0 Å². The molecule has 2 N–H and O–H groups in total. The zero-order valence-electron chi connectivity index (χ0n) is 24.0. The largest absolute Gasteiger partial charge is 0.455 e. The number of nitrogens with zero attached hydrogens (tertiary/aromatic N) is 4. The minimum atomic E-state index is -0.132. The van der Waals surface area contributed by atoms with Gasteiger partial charge in [0, 0.05) is 72.1 Å². The van der Waals surface area contributed by atoms with E-state index in [-0.39, 0.29) is 5.91 Å². The maximum absolute atomic E-state index is 12.9. The van der Waals surface area contributed by atoms with E-state index in [1.54, 1.807) is 6.33 Å². The second-order valence-corrected chi connectivity index (χ2v) is 11.0. The summed E-state index contributed by atoms with van der Waals surface area (Å²) in [7, 11) is 2.16. The Balaban J connectivity index is 1.00. The van der Waals surface area contributed by atoms with E-state index in [0.29, 0.717) is 11.4 Å². The van der Waals surface area contributed by atoms with Crippen molar-refractivity contribution in [3.8, 4) is 11.3 Å². The van der Waals surface area contributed by atoms with Gasteiger partial charge in [-0.25, -0.2) is 9.97 Å². The topological polar surface area (TPSA) is 86.5 Å². The second kappa shape index (κ2) is 11.7. The fourth-order valence-electron chi connectivity index (χ4n) is 5.54. The van der Waals surface area contributed by atoms with Crippen LogP contribution in [0.2, 0.25) is 0 Å². The first-order chi connectivity index (χ1) is 21.1. The van der Waals surface area contributed by atoms with Gasteiger partial charge in [0.15, 0.2) is 0 Å². The number of rotatable bonds is 7. The summed E-state index contributed by atoms with van der Waals surface area (Å²) >= 11 is 0. The molecule has 0 spiro atoms. The fraction of sp³-hybridized carbons (Fsp3) is 0.171. The number of para-hydroxylation sites is 2. The number of furan rings is 1. The van der Waals surface area contributed by atoms with Crippen molar-refractivity contribution in [2.75, 3.05) is 43.9 Å². The van der Waals surface area contributed by atoms with Crippen molar-refractivity contribution in [2.45, 2.75) is 6.54 Å². The van der Waals surface area contributed by atoms with Crippen LogP contribution in [0.25, 0.3) is 33.2 Å². The van der Waals surface area contributed by atoms with Gasteiger partial charge in [0.05, 0.1) is 5.69 Å². The number of piperazine rings is 1. The lowest BCUT2D eigenvalue weighted by molar-refractivity contribution is 0.102. The van der Waals surface area contributed by atoms with Crippen molar-refractivity contribution in [3.05, 3.63) is 115 Å². The molecule has 8 heteroatoms. The number of hydrogen-bond acceptors (Lipinski definition) is 7. The molecule has 0 saturated carbocycles. The van der Waals surface area contributed by atoms with Crippen molar-refractivity contribution in [2.24, 2.45) is 0 Å². The number of hydrogen-bond donors (Lipinski definition) is 2. The fourth-order valence-corrected chi connectivity index (χ4v) is 5.54. The van der Waals surface area contributed by atoms with Gasteiger partial charge in [0.25, 0.3) is 5.91 Å². The van der Waals surface area contributed by atoms with Gasteiger partial charge in [-0.05, 0) is 61.1 Å². The molecule has 43 heavy (non-hydrogen) atoms. The van der Waals surface area contributed by atoms with Crippen LogP contribution in [0.1, 0.15) is 15.9 Å². The number of fused-ring (bicyclic) bond motifs is 3. The molecule has 2 aromatic heterocycles. The summed E-state index contributed by atoms with van der Waals surface area (Å²) < 4.78 is 6.19. The molecule has 8 nitrogen and oxygen atoms in total. The van der Waals surface area contributed by atoms with E-state index in [4.69, 9.17) is 4.42 Å². The summed E-state index contributed by atoms with van der Waals surface area (Å²) in [6.45, 7) is 5.24. The maximum Gasteiger partial charge on any atom is 0.255 e. The van der Waals surface area contributed by atoms with Crippen LogP contribution in [-0.2, 0) is 6.54 Å². The predicted octanol–water partition coefficient (Wildman–Crippen LogP) is 6.79. The molecular formula is C35H32N6O2. The second-order valence-electron chi connectivity index (χ2n) is 11.0. The third kappa shape index (κ3) is 5.83. The molecule has 0 bridgehead atoms. The lowest BCUT2D eigenvalue weighted by Crippen LogP contribution is -2.43. The first kappa shape index (κ1) is 26.8. The molecule has 214 valence electrons. The van der Waals surface area contributed by atoms with E-state index in [1.807, 2.05) is 84.9 Å². The summed E-state index contributed by atoms with van der Waals surface area (Å²) in [5, 5.41) is 8.47. The lowest BCUT2D eigenvalue weighted by atomic mass is 10.1. The molecule has 6 aromatic rings. The van der Waals surface area contributed by atoms with Gasteiger partial charge in [-0.15, -0.1) is 0 Å². The molecule has 0 aliphatic carbocycles. The normalized spacial score (nSPS) is 14.3. The van der Waals surface area contributed by atoms with Gasteiger partial charge in [0.1, 0.15) is 23.3 Å². The molecule has 4 aromatic carbocycles. The van der Waals surface area contributed by atoms with Crippen LogP contribution < -0.4 is 10.6 Å². The highest BCUT2D eigenvalue weighted by atomic mass is 16.3. The highest BCUT2D eigenvalue weighted by Crippen LogP contribution is 2.35. The molecule has 0 radical (unpaired) electrons. The number of carbonyl (C=O) groups excluding carboxylic acids is 1. The highest BCUT2D eigenvalue weighted by molar-refractivity contribution is 6.09. The number of aromatic nitrogens is 2. The van der Waals surface area contributed by atoms with E-state index < -0.39 is 0 Å². The predicted molar refractivity (Wildman–Crippen MR) is 172 cm³/mol. The maximum atomic E-state index is 12.9. The summed E-state index contributed by atoms with van der Waals surface area (Å²) in [6.07, 6.45) is 1.55. The van der Waals surface area contributed by atoms with Crippen LogP contribution in [0.5, 0.6) is 0 Å². The lowest BCUT2D eigenvalue weighted by Gasteiger charge is -2.32. The summed E-state index contributed by atoms with van der Waals surface area (Å²) in [5.74, 6) is 0.527. The summed E-state index contributed by atoms with van der Waals surface area (Å²) in [6, 6.07) is 31.5. The first-order valence-corrected chi connectivity index (χ1v) is 14.5. The summed E-state index contributed by atoms with van der Waals surface area (Å²) in [4.78, 5) is 26.6. The molecule has 1 aliphatic rings. The van der Waals surface area contributed by atoms with Crippen LogP contribution in [0.3, 0.4) is 0 Å². The van der Waals surface area contributed by atoms with Gasteiger partial charge < -0.3 is 20.0 Å². The Morgan fingerprint density at radius 3 is 2.37 bits per heavy atom. The molecule has 3 heterocycles. The Bertz CT molecular complexity index is 1890. The van der Waals surface area contributed by atoms with Crippen LogP contribution in [0, 0.1) is 0 Å². The van der Waals surface area contributed by atoms with Crippen LogP contribution in [-0.4, -0.2) is 58.9 Å². The van der Waals surface area contributed by atoms with Gasteiger partial charge in [-0.3, -0.25) is 9.69 Å². The first-order valence-electron chi connectivity index (χ1n) is 14.5. The number of amides is 1. The van der Waals surface area contributed by atoms with Gasteiger partial charge in [0.2, 0.25) is 0 Å². The Hall–Kier alpha value is -5.05. The minimum absolute atomic E-state index is 0.132. The Morgan fingerprint density at radius 1 is 0.814 bits per heavy atom. The number of nitrogens with one attached hydrogen (secondary N) is 2. The number of likely N-dealkylation sites (N-methyl/N-ethyl adjacent to an activating group) is 1. The molecule has 0 unspecified atom stereocenters. The average Bonchev–Trinajstić information content (AvgIpc) is 3.43. The Morgan fingerprint density at radius 2 is 1.56 bits per heavy atom. The highest BCUT2D eigenvalue weighted by Gasteiger charge is 2.15. The summed E-state index contributed by atoms with van der Waals surface area (Å²) in [5.41, 5.74) is 6.75. The van der Waals surface area contributed by atoms with Crippen molar-refractivity contribution < 1.29 is 9.21 Å². The van der Waals surface area contributed by atoms with Crippen molar-refractivity contribution in [1.82, 2.24) is 19.8 Å². The quantitative estimate of drug-likeness (QED) is 0.219. The Kier molecular flexibility index (Phi) is 7.28. The monoisotopic (exact) mass is 568 g/mol. The Labute approximate surface area is 250 Å². The third-order valence-electron chi connectivity index (χ3n) is 7.98. The number of benzene rings is 4. The molecule has 1 saturated heterocycles. The van der Waals surface area contributed by atoms with Gasteiger partial charge in [-0.2, -0.15) is 0 Å². The molecule has 1 amide bonds. The molecule has 0 atom stereocenters. The molecule has 1 fully saturated rings. The molecular weight excluding hydrogens is 536 g/mol. The standard InChI is InChI=1S/C35H32N6O2/c1-40-17-19-41(20-18-40)22-24-9-11-25(12-10-24)35(42)39-27-15-13-26(14-16-27)38-33-21-31(36-23-37-33)30-7-4-6-29-28-5-2-3-8-32(28)43-34(29)30/h2-16,21,23H,17-20,22H2,1H3,(H,39,42)(H,36,37,38). The van der Waals surface area contributed by atoms with Crippen molar-refractivity contribution in [3.63, 3.8) is 0 Å². The van der Waals surface area contributed by atoms with Crippen LogP contribution in [0.15, 0.2) is 108 Å².